The van der Waals surface area contributed by atoms with Crippen LogP contribution in [0.3, 0.4) is 0 Å². The number of amides is 1. The minimum atomic E-state index is -0.656. The van der Waals surface area contributed by atoms with Crippen molar-refractivity contribution in [3.8, 4) is 0 Å². The van der Waals surface area contributed by atoms with Gasteiger partial charge in [-0.25, -0.2) is 9.18 Å². The zero-order chi connectivity index (χ0) is 15.3. The van der Waals surface area contributed by atoms with Gasteiger partial charge in [0.2, 0.25) is 0 Å². The van der Waals surface area contributed by atoms with Crippen LogP contribution >= 0.6 is 0 Å². The van der Waals surface area contributed by atoms with E-state index in [1.807, 2.05) is 0 Å². The number of halogens is 1. The molecule has 5 nitrogen and oxygen atoms in total. The molecule has 0 radical (unpaired) electrons. The normalized spacial score (nSPS) is 11.1. The van der Waals surface area contributed by atoms with Gasteiger partial charge in [0.15, 0.2) is 5.78 Å². The van der Waals surface area contributed by atoms with Crippen molar-refractivity contribution in [1.82, 2.24) is 5.32 Å². The molecule has 1 aromatic carbocycles. The Morgan fingerprint density at radius 3 is 2.50 bits per heavy atom. The molecule has 0 spiro atoms. The Labute approximate surface area is 117 Å². The van der Waals surface area contributed by atoms with Gasteiger partial charge in [0.05, 0.1) is 12.1 Å². The average Bonchev–Trinajstić information content (AvgIpc) is 2.29. The van der Waals surface area contributed by atoms with Gasteiger partial charge in [0.25, 0.3) is 0 Å². The standard InChI is InChI=1S/C14H19FN2O3/c1-14(2,3)20-13(19)17-9-5-6-11(15)10(7-9)12(18)8-16-4/h5-7,16H,8H2,1-4H3,(H,17,19). The van der Waals surface area contributed by atoms with Crippen LogP contribution in [-0.4, -0.2) is 31.1 Å². The summed E-state index contributed by atoms with van der Waals surface area (Å²) in [6.07, 6.45) is -0.656. The van der Waals surface area contributed by atoms with Crippen molar-refractivity contribution >= 4 is 17.6 Å². The van der Waals surface area contributed by atoms with Crippen molar-refractivity contribution < 1.29 is 18.7 Å². The summed E-state index contributed by atoms with van der Waals surface area (Å²) in [5.74, 6) is -1.02. The molecular weight excluding hydrogens is 263 g/mol. The molecule has 110 valence electrons. The molecule has 1 aromatic rings. The minimum absolute atomic E-state index is 0.0206. The van der Waals surface area contributed by atoms with Crippen LogP contribution in [0.5, 0.6) is 0 Å². The Balaban J connectivity index is 2.85. The fourth-order valence-corrected chi connectivity index (χ4v) is 1.49. The van der Waals surface area contributed by atoms with Gasteiger partial charge >= 0.3 is 6.09 Å². The third-order valence-corrected chi connectivity index (χ3v) is 2.25. The number of carbonyl (C=O) groups excluding carboxylic acids is 2. The van der Waals surface area contributed by atoms with E-state index in [0.717, 1.165) is 6.07 Å². The van der Waals surface area contributed by atoms with Crippen LogP contribution in [0.2, 0.25) is 0 Å². The predicted octanol–water partition coefficient (Wildman–Crippen LogP) is 2.57. The third kappa shape index (κ3) is 4.97. The number of hydrogen-bond acceptors (Lipinski definition) is 4. The van der Waals surface area contributed by atoms with Gasteiger partial charge in [0.1, 0.15) is 11.4 Å². The molecule has 0 heterocycles. The molecule has 0 aromatic heterocycles. The lowest BCUT2D eigenvalue weighted by molar-refractivity contribution is 0.0635. The molecule has 2 N–H and O–H groups in total. The molecule has 0 bridgehead atoms. The molecule has 0 aliphatic heterocycles. The molecule has 0 saturated carbocycles. The Hall–Kier alpha value is -1.95. The number of anilines is 1. The van der Waals surface area contributed by atoms with E-state index >= 15 is 0 Å². The minimum Gasteiger partial charge on any atom is -0.444 e. The van der Waals surface area contributed by atoms with Crippen LogP contribution in [0.1, 0.15) is 31.1 Å². The Kier molecular flexibility index (Phi) is 5.21. The van der Waals surface area contributed by atoms with Gasteiger partial charge in [-0.2, -0.15) is 0 Å². The van der Waals surface area contributed by atoms with E-state index in [2.05, 4.69) is 10.6 Å². The maximum Gasteiger partial charge on any atom is 0.412 e. The molecule has 0 unspecified atom stereocenters. The van der Waals surface area contributed by atoms with Crippen LogP contribution in [0.15, 0.2) is 18.2 Å². The summed E-state index contributed by atoms with van der Waals surface area (Å²) in [6, 6.07) is 3.80. The van der Waals surface area contributed by atoms with Crippen molar-refractivity contribution in [2.45, 2.75) is 26.4 Å². The highest BCUT2D eigenvalue weighted by Gasteiger charge is 2.17. The number of ketones is 1. The highest BCUT2D eigenvalue weighted by atomic mass is 19.1. The van der Waals surface area contributed by atoms with Crippen LogP contribution in [0.25, 0.3) is 0 Å². The summed E-state index contributed by atoms with van der Waals surface area (Å²) in [5, 5.41) is 5.12. The van der Waals surface area contributed by atoms with Crippen molar-refractivity contribution in [3.63, 3.8) is 0 Å². The van der Waals surface area contributed by atoms with Crippen LogP contribution in [-0.2, 0) is 4.74 Å². The zero-order valence-corrected chi connectivity index (χ0v) is 12.0. The largest absolute Gasteiger partial charge is 0.444 e. The number of ether oxygens (including phenoxy) is 1. The molecule has 6 heteroatoms. The van der Waals surface area contributed by atoms with E-state index in [9.17, 15) is 14.0 Å². The Morgan fingerprint density at radius 1 is 1.30 bits per heavy atom. The molecule has 0 aliphatic rings. The lowest BCUT2D eigenvalue weighted by Gasteiger charge is -2.19. The van der Waals surface area contributed by atoms with Gasteiger partial charge in [-0.3, -0.25) is 10.1 Å². The van der Waals surface area contributed by atoms with E-state index in [1.54, 1.807) is 27.8 Å². The first-order chi connectivity index (χ1) is 9.23. The van der Waals surface area contributed by atoms with Gasteiger partial charge < -0.3 is 10.1 Å². The second kappa shape index (κ2) is 6.47. The van der Waals surface area contributed by atoms with E-state index in [1.165, 1.54) is 12.1 Å². The zero-order valence-electron chi connectivity index (χ0n) is 12.0. The molecule has 0 atom stereocenters. The maximum absolute atomic E-state index is 13.6. The van der Waals surface area contributed by atoms with Crippen LogP contribution < -0.4 is 10.6 Å². The monoisotopic (exact) mass is 282 g/mol. The van der Waals surface area contributed by atoms with Crippen molar-refractivity contribution in [2.24, 2.45) is 0 Å². The molecule has 0 saturated heterocycles. The van der Waals surface area contributed by atoms with Gasteiger partial charge in [-0.1, -0.05) is 0 Å². The molecular formula is C14H19FN2O3. The molecule has 0 fully saturated rings. The van der Waals surface area contributed by atoms with E-state index < -0.39 is 23.3 Å². The van der Waals surface area contributed by atoms with Crippen molar-refractivity contribution in [2.75, 3.05) is 18.9 Å². The number of nitrogens with one attached hydrogen (secondary N) is 2. The number of Topliss-reactive ketones (excluding diaryl/α,β-unsaturated/α-hetero) is 1. The lowest BCUT2D eigenvalue weighted by atomic mass is 10.1. The number of likely N-dealkylation sites (N-methyl/N-ethyl adjacent to an activating group) is 1. The fourth-order valence-electron chi connectivity index (χ4n) is 1.49. The number of rotatable bonds is 4. The Morgan fingerprint density at radius 2 is 1.95 bits per heavy atom. The number of hydrogen-bond donors (Lipinski definition) is 2. The quantitative estimate of drug-likeness (QED) is 0.833. The van der Waals surface area contributed by atoms with E-state index in [4.69, 9.17) is 4.74 Å². The summed E-state index contributed by atoms with van der Waals surface area (Å²) in [5.41, 5.74) is -0.400. The second-order valence-corrected chi connectivity index (χ2v) is 5.28. The topological polar surface area (TPSA) is 67.4 Å². The fraction of sp³-hybridized carbons (Fsp3) is 0.429. The van der Waals surface area contributed by atoms with Crippen LogP contribution in [0.4, 0.5) is 14.9 Å². The number of benzene rings is 1. The SMILES string of the molecule is CNCC(=O)c1cc(NC(=O)OC(C)(C)C)ccc1F. The summed E-state index contributed by atoms with van der Waals surface area (Å²) >= 11 is 0. The van der Waals surface area contributed by atoms with Crippen molar-refractivity contribution in [3.05, 3.63) is 29.6 Å². The lowest BCUT2D eigenvalue weighted by Crippen LogP contribution is -2.27. The van der Waals surface area contributed by atoms with E-state index in [0.29, 0.717) is 5.69 Å². The summed E-state index contributed by atoms with van der Waals surface area (Å²) in [7, 11) is 1.60. The van der Waals surface area contributed by atoms with Gasteiger partial charge in [-0.05, 0) is 46.0 Å². The molecule has 20 heavy (non-hydrogen) atoms. The summed E-state index contributed by atoms with van der Waals surface area (Å²) in [6.45, 7) is 5.23. The summed E-state index contributed by atoms with van der Waals surface area (Å²) < 4.78 is 18.6. The highest BCUT2D eigenvalue weighted by molar-refractivity contribution is 5.99. The maximum atomic E-state index is 13.6. The Bertz CT molecular complexity index is 510. The van der Waals surface area contributed by atoms with Crippen LogP contribution in [0, 0.1) is 5.82 Å². The predicted molar refractivity (Wildman–Crippen MR) is 74.5 cm³/mol. The van der Waals surface area contributed by atoms with Gasteiger partial charge in [-0.15, -0.1) is 0 Å². The van der Waals surface area contributed by atoms with Crippen molar-refractivity contribution in [1.29, 1.82) is 0 Å². The average molecular weight is 282 g/mol. The number of carbonyl (C=O) groups is 2. The van der Waals surface area contributed by atoms with Gasteiger partial charge in [0, 0.05) is 5.69 Å². The second-order valence-electron chi connectivity index (χ2n) is 5.28. The molecule has 0 aliphatic carbocycles. The smallest absolute Gasteiger partial charge is 0.412 e. The van der Waals surface area contributed by atoms with E-state index in [-0.39, 0.29) is 12.1 Å². The highest BCUT2D eigenvalue weighted by Crippen LogP contribution is 2.17. The first-order valence-corrected chi connectivity index (χ1v) is 6.20. The first-order valence-electron chi connectivity index (χ1n) is 6.20. The summed E-state index contributed by atoms with van der Waals surface area (Å²) in [4.78, 5) is 23.3. The first kappa shape index (κ1) is 16.1. The molecule has 1 amide bonds. The third-order valence-electron chi connectivity index (χ3n) is 2.25. The molecule has 1 rings (SSSR count).